The lowest BCUT2D eigenvalue weighted by atomic mass is 10.2. The number of hydrogen-bond acceptors (Lipinski definition) is 3. The van der Waals surface area contributed by atoms with E-state index < -0.39 is 5.91 Å². The van der Waals surface area contributed by atoms with Crippen LogP contribution in [0.15, 0.2) is 66.7 Å². The molecular formula is C22H15Cl3N4O. The first kappa shape index (κ1) is 20.4. The molecule has 0 aliphatic rings. The fraction of sp³-hybridized carbons (Fsp3) is 0.0455. The highest BCUT2D eigenvalue weighted by Gasteiger charge is 2.19. The maximum absolute atomic E-state index is 12.8. The van der Waals surface area contributed by atoms with E-state index in [1.807, 2.05) is 37.3 Å². The Morgan fingerprint density at radius 2 is 1.70 bits per heavy atom. The summed E-state index contributed by atoms with van der Waals surface area (Å²) in [6.45, 7) is 1.98. The number of benzene rings is 3. The van der Waals surface area contributed by atoms with Gasteiger partial charge in [0.25, 0.3) is 5.91 Å². The van der Waals surface area contributed by atoms with E-state index in [1.54, 1.807) is 36.4 Å². The van der Waals surface area contributed by atoms with Gasteiger partial charge in [0.1, 0.15) is 0 Å². The van der Waals surface area contributed by atoms with Crippen LogP contribution >= 0.6 is 34.8 Å². The standard InChI is InChI=1S/C22H15Cl3N4O/c1-13-5-7-16(8-6-13)26-22(30)20-27-21(14-3-2-4-15(23)11-14)29(28-20)17-9-10-18(24)19(25)12-17/h2-12H,1H3,(H,26,30). The number of nitrogens with zero attached hydrogens (tertiary/aromatic N) is 3. The Morgan fingerprint density at radius 1 is 0.933 bits per heavy atom. The average molecular weight is 458 g/mol. The summed E-state index contributed by atoms with van der Waals surface area (Å²) < 4.78 is 1.54. The summed E-state index contributed by atoms with van der Waals surface area (Å²) in [7, 11) is 0. The van der Waals surface area contributed by atoms with Gasteiger partial charge in [0.15, 0.2) is 5.82 Å². The van der Waals surface area contributed by atoms with Crippen LogP contribution < -0.4 is 5.32 Å². The van der Waals surface area contributed by atoms with Crippen molar-refractivity contribution in [2.24, 2.45) is 0 Å². The largest absolute Gasteiger partial charge is 0.319 e. The van der Waals surface area contributed by atoms with Gasteiger partial charge < -0.3 is 5.32 Å². The number of rotatable bonds is 4. The van der Waals surface area contributed by atoms with Gasteiger partial charge in [0.05, 0.1) is 15.7 Å². The van der Waals surface area contributed by atoms with Crippen LogP contribution in [0.4, 0.5) is 5.69 Å². The number of hydrogen-bond donors (Lipinski definition) is 1. The molecule has 0 aliphatic carbocycles. The highest BCUT2D eigenvalue weighted by molar-refractivity contribution is 6.42. The number of carbonyl (C=O) groups excluding carboxylic acids is 1. The Morgan fingerprint density at radius 3 is 2.40 bits per heavy atom. The number of carbonyl (C=O) groups is 1. The predicted octanol–water partition coefficient (Wildman–Crippen LogP) is 6.46. The van der Waals surface area contributed by atoms with Crippen molar-refractivity contribution in [3.8, 4) is 17.1 Å². The zero-order valence-corrected chi connectivity index (χ0v) is 18.0. The van der Waals surface area contributed by atoms with Crippen LogP contribution in [-0.4, -0.2) is 20.7 Å². The van der Waals surface area contributed by atoms with Crippen LogP contribution in [0.25, 0.3) is 17.1 Å². The molecule has 0 atom stereocenters. The molecule has 1 heterocycles. The molecule has 150 valence electrons. The van der Waals surface area contributed by atoms with Crippen molar-refractivity contribution in [1.82, 2.24) is 14.8 Å². The van der Waals surface area contributed by atoms with E-state index in [2.05, 4.69) is 15.4 Å². The lowest BCUT2D eigenvalue weighted by Crippen LogP contribution is -2.14. The van der Waals surface area contributed by atoms with Gasteiger partial charge in [-0.3, -0.25) is 4.79 Å². The van der Waals surface area contributed by atoms with Crippen LogP contribution in [0.3, 0.4) is 0 Å². The third-order valence-electron chi connectivity index (χ3n) is 4.35. The number of aryl methyl sites for hydroxylation is 1. The molecule has 5 nitrogen and oxygen atoms in total. The van der Waals surface area contributed by atoms with E-state index in [0.717, 1.165) is 5.56 Å². The first-order chi connectivity index (χ1) is 14.4. The minimum atomic E-state index is -0.430. The second-order valence-corrected chi connectivity index (χ2v) is 7.85. The third kappa shape index (κ3) is 4.33. The molecule has 4 aromatic rings. The average Bonchev–Trinajstić information content (AvgIpc) is 3.17. The first-order valence-corrected chi connectivity index (χ1v) is 10.1. The second-order valence-electron chi connectivity index (χ2n) is 6.60. The minimum absolute atomic E-state index is 0.0108. The molecule has 0 aliphatic heterocycles. The van der Waals surface area contributed by atoms with E-state index in [1.165, 1.54) is 4.68 Å². The summed E-state index contributed by atoms with van der Waals surface area (Å²) in [5.41, 5.74) is 3.07. The van der Waals surface area contributed by atoms with Gasteiger partial charge in [-0.15, -0.1) is 5.10 Å². The molecule has 0 fully saturated rings. The van der Waals surface area contributed by atoms with Crippen molar-refractivity contribution >= 4 is 46.4 Å². The Balaban J connectivity index is 1.77. The van der Waals surface area contributed by atoms with E-state index in [-0.39, 0.29) is 5.82 Å². The molecule has 1 amide bonds. The molecule has 1 aromatic heterocycles. The van der Waals surface area contributed by atoms with Crippen molar-refractivity contribution in [3.05, 3.63) is 93.2 Å². The normalized spacial score (nSPS) is 10.8. The smallest absolute Gasteiger partial charge is 0.295 e. The Bertz CT molecular complexity index is 1240. The predicted molar refractivity (Wildman–Crippen MR) is 121 cm³/mol. The summed E-state index contributed by atoms with van der Waals surface area (Å²) in [5, 5.41) is 8.56. The molecule has 0 saturated heterocycles. The Hall–Kier alpha value is -2.86. The van der Waals surface area contributed by atoms with E-state index in [0.29, 0.717) is 37.8 Å². The number of nitrogens with one attached hydrogen (secondary N) is 1. The topological polar surface area (TPSA) is 59.8 Å². The highest BCUT2D eigenvalue weighted by Crippen LogP contribution is 2.28. The van der Waals surface area contributed by atoms with Crippen LogP contribution in [0.2, 0.25) is 15.1 Å². The Labute approximate surface area is 188 Å². The van der Waals surface area contributed by atoms with Crippen molar-refractivity contribution < 1.29 is 4.79 Å². The monoisotopic (exact) mass is 456 g/mol. The summed E-state index contributed by atoms with van der Waals surface area (Å²) in [4.78, 5) is 17.3. The van der Waals surface area contributed by atoms with Gasteiger partial charge in [0, 0.05) is 16.3 Å². The molecule has 0 unspecified atom stereocenters. The minimum Gasteiger partial charge on any atom is -0.319 e. The highest BCUT2D eigenvalue weighted by atomic mass is 35.5. The molecule has 8 heteroatoms. The first-order valence-electron chi connectivity index (χ1n) is 8.97. The second kappa shape index (κ2) is 8.48. The van der Waals surface area contributed by atoms with Crippen molar-refractivity contribution in [1.29, 1.82) is 0 Å². The lowest BCUT2D eigenvalue weighted by molar-refractivity contribution is 0.101. The Kier molecular flexibility index (Phi) is 5.77. The maximum Gasteiger partial charge on any atom is 0.295 e. The van der Waals surface area contributed by atoms with Crippen LogP contribution in [0.5, 0.6) is 0 Å². The molecular weight excluding hydrogens is 443 g/mol. The molecule has 30 heavy (non-hydrogen) atoms. The summed E-state index contributed by atoms with van der Waals surface area (Å²) in [6.07, 6.45) is 0. The van der Waals surface area contributed by atoms with Gasteiger partial charge in [-0.1, -0.05) is 64.6 Å². The molecule has 0 bridgehead atoms. The third-order valence-corrected chi connectivity index (χ3v) is 5.32. The molecule has 0 radical (unpaired) electrons. The van der Waals surface area contributed by atoms with Crippen LogP contribution in [0.1, 0.15) is 16.2 Å². The number of anilines is 1. The van der Waals surface area contributed by atoms with Crippen LogP contribution in [0, 0.1) is 6.92 Å². The van der Waals surface area contributed by atoms with Gasteiger partial charge >= 0.3 is 0 Å². The van der Waals surface area contributed by atoms with Crippen molar-refractivity contribution in [2.45, 2.75) is 6.92 Å². The quantitative estimate of drug-likeness (QED) is 0.383. The molecule has 0 spiro atoms. The van der Waals surface area contributed by atoms with E-state index in [9.17, 15) is 4.79 Å². The SMILES string of the molecule is Cc1ccc(NC(=O)c2nc(-c3cccc(Cl)c3)n(-c3ccc(Cl)c(Cl)c3)n2)cc1. The number of amides is 1. The number of halogens is 3. The summed E-state index contributed by atoms with van der Waals surface area (Å²) >= 11 is 18.4. The van der Waals surface area contributed by atoms with Gasteiger partial charge in [-0.2, -0.15) is 0 Å². The van der Waals surface area contributed by atoms with Crippen LogP contribution in [-0.2, 0) is 0 Å². The van der Waals surface area contributed by atoms with E-state index in [4.69, 9.17) is 34.8 Å². The molecule has 4 rings (SSSR count). The summed E-state index contributed by atoms with van der Waals surface area (Å²) in [5.74, 6) is 0.0301. The zero-order chi connectivity index (χ0) is 21.3. The van der Waals surface area contributed by atoms with Crippen molar-refractivity contribution in [2.75, 3.05) is 5.32 Å². The lowest BCUT2D eigenvalue weighted by Gasteiger charge is -2.07. The van der Waals surface area contributed by atoms with Gasteiger partial charge in [-0.25, -0.2) is 9.67 Å². The van der Waals surface area contributed by atoms with Gasteiger partial charge in [0.2, 0.25) is 5.82 Å². The summed E-state index contributed by atoms with van der Waals surface area (Å²) in [6, 6.07) is 19.7. The maximum atomic E-state index is 12.8. The fourth-order valence-corrected chi connectivity index (χ4v) is 3.33. The molecule has 0 saturated carbocycles. The zero-order valence-electron chi connectivity index (χ0n) is 15.7. The molecule has 3 aromatic carbocycles. The molecule has 1 N–H and O–H groups in total. The van der Waals surface area contributed by atoms with Gasteiger partial charge in [-0.05, 0) is 49.4 Å². The van der Waals surface area contributed by atoms with E-state index >= 15 is 0 Å². The fourth-order valence-electron chi connectivity index (χ4n) is 2.84. The number of aromatic nitrogens is 3. The van der Waals surface area contributed by atoms with Crippen molar-refractivity contribution in [3.63, 3.8) is 0 Å².